The summed E-state index contributed by atoms with van der Waals surface area (Å²) in [5.74, 6) is 0.402. The van der Waals surface area contributed by atoms with Crippen molar-refractivity contribution >= 4 is 21.5 Å². The predicted molar refractivity (Wildman–Crippen MR) is 97.4 cm³/mol. The Kier molecular flexibility index (Phi) is 3.39. The summed E-state index contributed by atoms with van der Waals surface area (Å²) >= 11 is 0. The fourth-order valence-corrected chi connectivity index (χ4v) is 3.23. The summed E-state index contributed by atoms with van der Waals surface area (Å²) in [7, 11) is 0. The van der Waals surface area contributed by atoms with E-state index in [0.29, 0.717) is 39.1 Å². The van der Waals surface area contributed by atoms with Crippen molar-refractivity contribution in [2.45, 2.75) is 6.42 Å². The van der Waals surface area contributed by atoms with Crippen LogP contribution >= 0.6 is 0 Å². The molecule has 25 heavy (non-hydrogen) atoms. The Balaban J connectivity index is 1.83. The molecule has 4 aromatic rings. The molecule has 0 fully saturated rings. The zero-order valence-corrected chi connectivity index (χ0v) is 13.3. The van der Waals surface area contributed by atoms with Gasteiger partial charge in [-0.3, -0.25) is 0 Å². The van der Waals surface area contributed by atoms with E-state index < -0.39 is 0 Å². The first-order valence-electron chi connectivity index (χ1n) is 7.91. The number of hydrogen-bond donors (Lipinski definition) is 4. The quantitative estimate of drug-likeness (QED) is 0.438. The van der Waals surface area contributed by atoms with Gasteiger partial charge in [-0.05, 0) is 23.3 Å². The highest BCUT2D eigenvalue weighted by Gasteiger charge is 2.13. The molecule has 0 aliphatic rings. The first-order chi connectivity index (χ1) is 12.1. The van der Waals surface area contributed by atoms with Crippen LogP contribution in [-0.4, -0.2) is 20.4 Å². The summed E-state index contributed by atoms with van der Waals surface area (Å²) in [6.07, 6.45) is 0.328. The van der Waals surface area contributed by atoms with Crippen LogP contribution in [-0.2, 0) is 6.42 Å². The zero-order chi connectivity index (χ0) is 17.6. The lowest BCUT2D eigenvalue weighted by Gasteiger charge is -2.12. The van der Waals surface area contributed by atoms with Gasteiger partial charge >= 0.3 is 0 Å². The zero-order valence-electron chi connectivity index (χ0n) is 13.3. The van der Waals surface area contributed by atoms with Gasteiger partial charge in [0, 0.05) is 28.0 Å². The molecule has 124 valence electrons. The number of phenols is 4. The molecule has 4 heteroatoms. The molecule has 0 radical (unpaired) electrons. The van der Waals surface area contributed by atoms with E-state index in [1.54, 1.807) is 60.7 Å². The van der Waals surface area contributed by atoms with Gasteiger partial charge in [0.25, 0.3) is 0 Å². The third-order valence-corrected chi connectivity index (χ3v) is 4.57. The Bertz CT molecular complexity index is 1030. The second-order valence-corrected chi connectivity index (χ2v) is 6.07. The first-order valence-corrected chi connectivity index (χ1v) is 7.91. The van der Waals surface area contributed by atoms with Crippen molar-refractivity contribution < 1.29 is 20.4 Å². The van der Waals surface area contributed by atoms with Crippen LogP contribution in [0.3, 0.4) is 0 Å². The molecule has 4 nitrogen and oxygen atoms in total. The number of aromatic hydroxyl groups is 4. The Labute approximate surface area is 143 Å². The van der Waals surface area contributed by atoms with E-state index in [1.807, 2.05) is 0 Å². The number of phenolic OH excluding ortho intramolecular Hbond substituents is 4. The van der Waals surface area contributed by atoms with Crippen LogP contribution in [0.1, 0.15) is 11.1 Å². The maximum absolute atomic E-state index is 10.6. The Morgan fingerprint density at radius 2 is 0.920 bits per heavy atom. The van der Waals surface area contributed by atoms with Gasteiger partial charge < -0.3 is 20.4 Å². The van der Waals surface area contributed by atoms with E-state index in [9.17, 15) is 20.4 Å². The molecule has 0 aromatic heterocycles. The third-order valence-electron chi connectivity index (χ3n) is 4.57. The van der Waals surface area contributed by atoms with Gasteiger partial charge in [0.1, 0.15) is 23.0 Å². The number of rotatable bonds is 2. The van der Waals surface area contributed by atoms with Gasteiger partial charge in [0.2, 0.25) is 0 Å². The number of hydrogen-bond acceptors (Lipinski definition) is 4. The van der Waals surface area contributed by atoms with E-state index in [4.69, 9.17) is 0 Å². The van der Waals surface area contributed by atoms with E-state index in [0.717, 1.165) is 0 Å². The average molecular weight is 332 g/mol. The van der Waals surface area contributed by atoms with Crippen molar-refractivity contribution in [2.24, 2.45) is 0 Å². The highest BCUT2D eigenvalue weighted by Crippen LogP contribution is 2.38. The molecule has 4 aromatic carbocycles. The average Bonchev–Trinajstić information content (AvgIpc) is 2.61. The summed E-state index contributed by atoms with van der Waals surface area (Å²) in [5, 5.41) is 43.2. The van der Waals surface area contributed by atoms with Crippen LogP contribution in [0, 0.1) is 0 Å². The van der Waals surface area contributed by atoms with Gasteiger partial charge in [0.05, 0.1) is 0 Å². The molecule has 0 unspecified atom stereocenters. The molecule has 0 saturated heterocycles. The lowest BCUT2D eigenvalue weighted by molar-refractivity contribution is 0.466. The monoisotopic (exact) mass is 332 g/mol. The molecule has 0 aliphatic carbocycles. The number of fused-ring (bicyclic) bond motifs is 2. The lowest BCUT2D eigenvalue weighted by Crippen LogP contribution is -1.92. The molecule has 0 aliphatic heterocycles. The van der Waals surface area contributed by atoms with Crippen LogP contribution < -0.4 is 0 Å². The minimum Gasteiger partial charge on any atom is -0.507 e. The summed E-state index contributed by atoms with van der Waals surface area (Å²) in [6, 6.07) is 17.0. The fraction of sp³-hybridized carbons (Fsp3) is 0.0476. The van der Waals surface area contributed by atoms with Crippen LogP contribution in [0.25, 0.3) is 21.5 Å². The van der Waals surface area contributed by atoms with E-state index in [2.05, 4.69) is 0 Å². The second kappa shape index (κ2) is 5.60. The molecule has 0 heterocycles. The lowest BCUT2D eigenvalue weighted by atomic mass is 9.96. The molecule has 0 amide bonds. The highest BCUT2D eigenvalue weighted by molar-refractivity contribution is 5.95. The summed E-state index contributed by atoms with van der Waals surface area (Å²) in [4.78, 5) is 0. The van der Waals surface area contributed by atoms with E-state index in [-0.39, 0.29) is 23.0 Å². The molecular formula is C21H16O4. The van der Waals surface area contributed by atoms with Crippen molar-refractivity contribution in [1.82, 2.24) is 0 Å². The first kappa shape index (κ1) is 15.1. The predicted octanol–water partition coefficient (Wildman–Crippen LogP) is 4.41. The summed E-state index contributed by atoms with van der Waals surface area (Å²) in [5.41, 5.74) is 1.29. The van der Waals surface area contributed by atoms with E-state index >= 15 is 0 Å². The van der Waals surface area contributed by atoms with E-state index in [1.165, 1.54) is 0 Å². The number of benzene rings is 4. The van der Waals surface area contributed by atoms with Crippen molar-refractivity contribution in [2.75, 3.05) is 0 Å². The SMILES string of the molecule is Oc1cccc2c(O)c(Cc3ccc4c(O)cccc4c3O)ccc12. The van der Waals surface area contributed by atoms with Crippen LogP contribution in [0.2, 0.25) is 0 Å². The molecule has 0 bridgehead atoms. The van der Waals surface area contributed by atoms with Crippen molar-refractivity contribution in [3.63, 3.8) is 0 Å². The molecular weight excluding hydrogens is 316 g/mol. The topological polar surface area (TPSA) is 80.9 Å². The van der Waals surface area contributed by atoms with Crippen molar-refractivity contribution in [3.05, 3.63) is 71.8 Å². The normalized spacial score (nSPS) is 11.2. The minimum absolute atomic E-state index is 0.0869. The van der Waals surface area contributed by atoms with Gasteiger partial charge in [-0.1, -0.05) is 48.5 Å². The Morgan fingerprint density at radius 3 is 1.36 bits per heavy atom. The Hall–Kier alpha value is -3.40. The minimum atomic E-state index is 0.0869. The van der Waals surface area contributed by atoms with Crippen molar-refractivity contribution in [1.29, 1.82) is 0 Å². The standard InChI is InChI=1S/C21H16O4/c22-18-5-1-3-16-14(18)9-7-12(20(16)24)11-13-8-10-15-17(21(13)25)4-2-6-19(15)23/h1-10,22-25H,11H2. The highest BCUT2D eigenvalue weighted by atomic mass is 16.3. The van der Waals surface area contributed by atoms with Crippen LogP contribution in [0.4, 0.5) is 0 Å². The summed E-state index contributed by atoms with van der Waals surface area (Å²) in [6.45, 7) is 0. The van der Waals surface area contributed by atoms with Gasteiger partial charge in [-0.15, -0.1) is 0 Å². The van der Waals surface area contributed by atoms with Gasteiger partial charge in [-0.25, -0.2) is 0 Å². The molecule has 0 atom stereocenters. The second-order valence-electron chi connectivity index (χ2n) is 6.07. The molecule has 0 saturated carbocycles. The molecule has 0 spiro atoms. The molecule has 4 N–H and O–H groups in total. The largest absolute Gasteiger partial charge is 0.507 e. The fourth-order valence-electron chi connectivity index (χ4n) is 3.23. The van der Waals surface area contributed by atoms with Gasteiger partial charge in [0.15, 0.2) is 0 Å². The third kappa shape index (κ3) is 2.39. The maximum atomic E-state index is 10.6. The summed E-state index contributed by atoms with van der Waals surface area (Å²) < 4.78 is 0. The van der Waals surface area contributed by atoms with Crippen molar-refractivity contribution in [3.8, 4) is 23.0 Å². The maximum Gasteiger partial charge on any atom is 0.127 e. The smallest absolute Gasteiger partial charge is 0.127 e. The Morgan fingerprint density at radius 1 is 0.480 bits per heavy atom. The van der Waals surface area contributed by atoms with Crippen LogP contribution in [0.15, 0.2) is 60.7 Å². The van der Waals surface area contributed by atoms with Crippen LogP contribution in [0.5, 0.6) is 23.0 Å². The van der Waals surface area contributed by atoms with Gasteiger partial charge in [-0.2, -0.15) is 0 Å². The molecule has 4 rings (SSSR count).